The fraction of sp³-hybridized carbons (Fsp3) is 0.636. The summed E-state index contributed by atoms with van der Waals surface area (Å²) in [5.41, 5.74) is 6.73. The number of rotatable bonds is 4. The molecule has 1 saturated carbocycles. The maximum atomic E-state index is 11.8. The van der Waals surface area contributed by atoms with Crippen LogP contribution in [0.2, 0.25) is 0 Å². The maximum Gasteiger partial charge on any atom is 0.226 e. The van der Waals surface area contributed by atoms with E-state index in [1.54, 1.807) is 0 Å². The Morgan fingerprint density at radius 2 is 2.44 bits per heavy atom. The van der Waals surface area contributed by atoms with E-state index in [1.165, 1.54) is 17.8 Å². The SMILES string of the molecule is Cc1csc(NC(=O)CC2(CN)CCC2)n1. The minimum atomic E-state index is 0.0412. The van der Waals surface area contributed by atoms with Crippen LogP contribution in [0.5, 0.6) is 0 Å². The van der Waals surface area contributed by atoms with Crippen LogP contribution < -0.4 is 11.1 Å². The number of amides is 1. The number of nitrogens with one attached hydrogen (secondary N) is 1. The van der Waals surface area contributed by atoms with Gasteiger partial charge in [-0.1, -0.05) is 6.42 Å². The monoisotopic (exact) mass is 239 g/mol. The third-order valence-corrected chi connectivity index (χ3v) is 4.12. The van der Waals surface area contributed by atoms with Gasteiger partial charge in [0, 0.05) is 11.8 Å². The molecule has 16 heavy (non-hydrogen) atoms. The Labute approximate surface area is 99.3 Å². The summed E-state index contributed by atoms with van der Waals surface area (Å²) in [7, 11) is 0. The van der Waals surface area contributed by atoms with E-state index in [1.807, 2.05) is 12.3 Å². The smallest absolute Gasteiger partial charge is 0.226 e. The second kappa shape index (κ2) is 4.51. The van der Waals surface area contributed by atoms with Crippen LogP contribution in [0.4, 0.5) is 5.13 Å². The number of hydrogen-bond acceptors (Lipinski definition) is 4. The van der Waals surface area contributed by atoms with Gasteiger partial charge in [-0.2, -0.15) is 0 Å². The average molecular weight is 239 g/mol. The van der Waals surface area contributed by atoms with Gasteiger partial charge in [0.1, 0.15) is 0 Å². The Balaban J connectivity index is 1.89. The highest BCUT2D eigenvalue weighted by Crippen LogP contribution is 2.43. The minimum absolute atomic E-state index is 0.0412. The summed E-state index contributed by atoms with van der Waals surface area (Å²) in [4.78, 5) is 16.0. The molecule has 0 spiro atoms. The van der Waals surface area contributed by atoms with E-state index in [4.69, 9.17) is 5.73 Å². The van der Waals surface area contributed by atoms with Crippen molar-refractivity contribution in [3.63, 3.8) is 0 Å². The summed E-state index contributed by atoms with van der Waals surface area (Å²) in [6.07, 6.45) is 3.88. The Morgan fingerprint density at radius 3 is 2.88 bits per heavy atom. The molecule has 1 fully saturated rings. The molecule has 2 rings (SSSR count). The normalized spacial score (nSPS) is 17.9. The Hall–Kier alpha value is -0.940. The summed E-state index contributed by atoms with van der Waals surface area (Å²) in [5, 5.41) is 5.45. The summed E-state index contributed by atoms with van der Waals surface area (Å²) < 4.78 is 0. The van der Waals surface area contributed by atoms with Gasteiger partial charge in [0.15, 0.2) is 5.13 Å². The van der Waals surface area contributed by atoms with Gasteiger partial charge in [0.05, 0.1) is 5.69 Å². The van der Waals surface area contributed by atoms with Gasteiger partial charge in [0.25, 0.3) is 0 Å². The van der Waals surface area contributed by atoms with E-state index in [0.29, 0.717) is 18.1 Å². The quantitative estimate of drug-likeness (QED) is 0.843. The van der Waals surface area contributed by atoms with Gasteiger partial charge >= 0.3 is 0 Å². The third kappa shape index (κ3) is 2.41. The second-order valence-electron chi connectivity index (χ2n) is 4.58. The summed E-state index contributed by atoms with van der Waals surface area (Å²) in [5.74, 6) is 0.0412. The first-order chi connectivity index (χ1) is 7.63. The van der Waals surface area contributed by atoms with E-state index >= 15 is 0 Å². The van der Waals surface area contributed by atoms with Crippen LogP contribution >= 0.6 is 11.3 Å². The first kappa shape index (κ1) is 11.5. The number of nitrogens with zero attached hydrogens (tertiary/aromatic N) is 1. The van der Waals surface area contributed by atoms with E-state index in [-0.39, 0.29) is 11.3 Å². The van der Waals surface area contributed by atoms with Crippen molar-refractivity contribution in [2.75, 3.05) is 11.9 Å². The van der Waals surface area contributed by atoms with Crippen LogP contribution in [0.15, 0.2) is 5.38 Å². The van der Waals surface area contributed by atoms with Crippen LogP contribution in [-0.2, 0) is 4.79 Å². The highest BCUT2D eigenvalue weighted by atomic mass is 32.1. The van der Waals surface area contributed by atoms with Gasteiger partial charge in [-0.25, -0.2) is 4.98 Å². The van der Waals surface area contributed by atoms with Crippen molar-refractivity contribution in [3.05, 3.63) is 11.1 Å². The summed E-state index contributed by atoms with van der Waals surface area (Å²) >= 11 is 1.46. The molecule has 0 aliphatic heterocycles. The number of nitrogens with two attached hydrogens (primary N) is 1. The van der Waals surface area contributed by atoms with Crippen LogP contribution in [0.25, 0.3) is 0 Å². The number of carbonyl (C=O) groups is 1. The molecular weight excluding hydrogens is 222 g/mol. The van der Waals surface area contributed by atoms with Crippen LogP contribution in [-0.4, -0.2) is 17.4 Å². The zero-order valence-corrected chi connectivity index (χ0v) is 10.3. The number of aromatic nitrogens is 1. The zero-order valence-electron chi connectivity index (χ0n) is 9.45. The molecule has 0 unspecified atom stereocenters. The van der Waals surface area contributed by atoms with Gasteiger partial charge < -0.3 is 11.1 Å². The maximum absolute atomic E-state index is 11.8. The molecule has 0 bridgehead atoms. The van der Waals surface area contributed by atoms with E-state index < -0.39 is 0 Å². The molecule has 0 atom stereocenters. The number of carbonyl (C=O) groups excluding carboxylic acids is 1. The second-order valence-corrected chi connectivity index (χ2v) is 5.43. The highest BCUT2D eigenvalue weighted by molar-refractivity contribution is 7.13. The molecule has 1 heterocycles. The lowest BCUT2D eigenvalue weighted by Crippen LogP contribution is -2.40. The fourth-order valence-electron chi connectivity index (χ4n) is 2.05. The lowest BCUT2D eigenvalue weighted by molar-refractivity contribution is -0.119. The van der Waals surface area contributed by atoms with Gasteiger partial charge in [-0.15, -0.1) is 11.3 Å². The first-order valence-electron chi connectivity index (χ1n) is 5.56. The molecule has 88 valence electrons. The molecule has 4 nitrogen and oxygen atoms in total. The van der Waals surface area contributed by atoms with E-state index in [2.05, 4.69) is 10.3 Å². The predicted octanol–water partition coefficient (Wildman–Crippen LogP) is 1.91. The zero-order chi connectivity index (χ0) is 11.6. The lowest BCUT2D eigenvalue weighted by atomic mass is 9.66. The number of aryl methyl sites for hydroxylation is 1. The van der Waals surface area contributed by atoms with Gasteiger partial charge in [-0.05, 0) is 31.7 Å². The largest absolute Gasteiger partial charge is 0.330 e. The molecule has 5 heteroatoms. The van der Waals surface area contributed by atoms with Crippen molar-refractivity contribution < 1.29 is 4.79 Å². The van der Waals surface area contributed by atoms with Crippen LogP contribution in [0.1, 0.15) is 31.4 Å². The Morgan fingerprint density at radius 1 is 1.69 bits per heavy atom. The van der Waals surface area contributed by atoms with Gasteiger partial charge in [-0.3, -0.25) is 4.79 Å². The molecule has 1 amide bonds. The molecular formula is C11H17N3OS. The third-order valence-electron chi connectivity index (χ3n) is 3.25. The molecule has 0 saturated heterocycles. The standard InChI is InChI=1S/C11H17N3OS/c1-8-6-16-10(13-8)14-9(15)5-11(7-12)3-2-4-11/h6H,2-5,7,12H2,1H3,(H,13,14,15). The lowest BCUT2D eigenvalue weighted by Gasteiger charge is -2.40. The summed E-state index contributed by atoms with van der Waals surface area (Å²) in [6, 6.07) is 0. The molecule has 1 aromatic rings. The van der Waals surface area contributed by atoms with Crippen molar-refractivity contribution in [2.24, 2.45) is 11.1 Å². The molecule has 0 aromatic carbocycles. The van der Waals surface area contributed by atoms with Gasteiger partial charge in [0.2, 0.25) is 5.91 Å². The van der Waals surface area contributed by atoms with Crippen molar-refractivity contribution in [1.29, 1.82) is 0 Å². The Kier molecular flexibility index (Phi) is 3.25. The number of hydrogen-bond donors (Lipinski definition) is 2. The van der Waals surface area contributed by atoms with Crippen molar-refractivity contribution >= 4 is 22.4 Å². The average Bonchev–Trinajstić information content (AvgIpc) is 2.57. The van der Waals surface area contributed by atoms with E-state index in [0.717, 1.165) is 18.5 Å². The molecule has 1 aliphatic carbocycles. The highest BCUT2D eigenvalue weighted by Gasteiger charge is 2.37. The van der Waals surface area contributed by atoms with Crippen molar-refractivity contribution in [1.82, 2.24) is 4.98 Å². The molecule has 1 aromatic heterocycles. The molecule has 3 N–H and O–H groups in total. The molecule has 0 radical (unpaired) electrons. The topological polar surface area (TPSA) is 68.0 Å². The first-order valence-corrected chi connectivity index (χ1v) is 6.44. The van der Waals surface area contributed by atoms with Crippen LogP contribution in [0.3, 0.4) is 0 Å². The minimum Gasteiger partial charge on any atom is -0.330 e. The van der Waals surface area contributed by atoms with Crippen LogP contribution in [0, 0.1) is 12.3 Å². The van der Waals surface area contributed by atoms with Crippen molar-refractivity contribution in [2.45, 2.75) is 32.6 Å². The predicted molar refractivity (Wildman–Crippen MR) is 65.4 cm³/mol. The van der Waals surface area contributed by atoms with Crippen molar-refractivity contribution in [3.8, 4) is 0 Å². The number of anilines is 1. The Bertz CT molecular complexity index is 379. The van der Waals surface area contributed by atoms with E-state index in [9.17, 15) is 4.79 Å². The summed E-state index contributed by atoms with van der Waals surface area (Å²) in [6.45, 7) is 2.52. The fourth-order valence-corrected chi connectivity index (χ4v) is 2.75. The number of thiazole rings is 1. The molecule has 1 aliphatic rings.